The van der Waals surface area contributed by atoms with Gasteiger partial charge < -0.3 is 4.90 Å². The Morgan fingerprint density at radius 3 is 3.08 bits per heavy atom. The highest BCUT2D eigenvalue weighted by molar-refractivity contribution is 5.81. The van der Waals surface area contributed by atoms with E-state index in [1.807, 2.05) is 11.1 Å². The monoisotopic (exact) mass is 177 g/mol. The summed E-state index contributed by atoms with van der Waals surface area (Å²) in [6.45, 7) is 1.48. The number of hydrogen-bond acceptors (Lipinski definition) is 2. The van der Waals surface area contributed by atoms with Crippen LogP contribution in [0.3, 0.4) is 0 Å². The molecule has 4 nitrogen and oxygen atoms in total. The molecule has 0 unspecified atom stereocenters. The van der Waals surface area contributed by atoms with E-state index in [9.17, 15) is 4.79 Å². The van der Waals surface area contributed by atoms with Gasteiger partial charge in [0.15, 0.2) is 0 Å². The third-order valence-electron chi connectivity index (χ3n) is 2.76. The van der Waals surface area contributed by atoms with Crippen LogP contribution in [-0.2, 0) is 17.9 Å². The summed E-state index contributed by atoms with van der Waals surface area (Å²) >= 11 is 0. The Bertz CT molecular complexity index is 333. The molecule has 13 heavy (non-hydrogen) atoms. The maximum Gasteiger partial charge on any atom is 0.226 e. The minimum Gasteiger partial charge on any atom is -0.332 e. The number of fused-ring (bicyclic) bond motifs is 1. The highest BCUT2D eigenvalue weighted by Gasteiger charge is 2.36. The molecule has 3 rings (SSSR count). The number of amides is 1. The number of H-pyrrole nitrogens is 1. The molecule has 0 saturated heterocycles. The third kappa shape index (κ3) is 1.05. The fourth-order valence-corrected chi connectivity index (χ4v) is 1.81. The van der Waals surface area contributed by atoms with Gasteiger partial charge in [0.25, 0.3) is 0 Å². The van der Waals surface area contributed by atoms with Gasteiger partial charge in [0.2, 0.25) is 5.91 Å². The Hall–Kier alpha value is -1.32. The molecule has 1 aliphatic heterocycles. The van der Waals surface area contributed by atoms with Crippen LogP contribution >= 0.6 is 0 Å². The molecule has 1 aromatic rings. The van der Waals surface area contributed by atoms with Gasteiger partial charge in [0, 0.05) is 18.0 Å². The lowest BCUT2D eigenvalue weighted by molar-refractivity contribution is -0.133. The summed E-state index contributed by atoms with van der Waals surface area (Å²) in [6, 6.07) is 0. The van der Waals surface area contributed by atoms with Crippen molar-refractivity contribution in [3.05, 3.63) is 17.5 Å². The van der Waals surface area contributed by atoms with E-state index in [1.54, 1.807) is 0 Å². The van der Waals surface area contributed by atoms with Crippen molar-refractivity contribution in [1.82, 2.24) is 15.1 Å². The summed E-state index contributed by atoms with van der Waals surface area (Å²) in [5, 5.41) is 6.85. The minimum atomic E-state index is 0.324. The summed E-state index contributed by atoms with van der Waals surface area (Å²) < 4.78 is 0. The lowest BCUT2D eigenvalue weighted by Gasteiger charge is -2.14. The summed E-state index contributed by atoms with van der Waals surface area (Å²) in [5.41, 5.74) is 2.28. The number of rotatable bonds is 1. The number of carbonyl (C=O) groups is 1. The fraction of sp³-hybridized carbons (Fsp3) is 0.556. The van der Waals surface area contributed by atoms with E-state index in [0.717, 1.165) is 31.6 Å². The van der Waals surface area contributed by atoms with Crippen LogP contribution in [0.2, 0.25) is 0 Å². The van der Waals surface area contributed by atoms with Gasteiger partial charge in [0.1, 0.15) is 0 Å². The van der Waals surface area contributed by atoms with Crippen LogP contribution in [0.15, 0.2) is 6.20 Å². The van der Waals surface area contributed by atoms with E-state index >= 15 is 0 Å². The fourth-order valence-electron chi connectivity index (χ4n) is 1.81. The summed E-state index contributed by atoms with van der Waals surface area (Å²) in [7, 11) is 0. The maximum atomic E-state index is 11.7. The van der Waals surface area contributed by atoms with Crippen LogP contribution in [0.1, 0.15) is 24.1 Å². The van der Waals surface area contributed by atoms with Crippen molar-refractivity contribution in [2.75, 3.05) is 0 Å². The molecule has 0 radical (unpaired) electrons. The zero-order valence-corrected chi connectivity index (χ0v) is 7.29. The van der Waals surface area contributed by atoms with Gasteiger partial charge in [0.05, 0.1) is 18.4 Å². The molecule has 1 aliphatic carbocycles. The van der Waals surface area contributed by atoms with Crippen LogP contribution in [0.5, 0.6) is 0 Å². The Morgan fingerprint density at radius 2 is 2.38 bits per heavy atom. The van der Waals surface area contributed by atoms with Gasteiger partial charge in [-0.1, -0.05) is 0 Å². The standard InChI is InChI=1S/C9H11N3O/c13-9(6-1-2-6)12-4-7-3-10-11-8(7)5-12/h3,6H,1-2,4-5H2,(H,10,11). The largest absolute Gasteiger partial charge is 0.332 e. The van der Waals surface area contributed by atoms with Crippen LogP contribution in [0, 0.1) is 5.92 Å². The van der Waals surface area contributed by atoms with E-state index in [4.69, 9.17) is 0 Å². The highest BCUT2D eigenvalue weighted by Crippen LogP contribution is 2.33. The number of carbonyl (C=O) groups excluding carboxylic acids is 1. The van der Waals surface area contributed by atoms with Crippen molar-refractivity contribution < 1.29 is 4.79 Å². The van der Waals surface area contributed by atoms with Crippen molar-refractivity contribution in [3.63, 3.8) is 0 Å². The Morgan fingerprint density at radius 1 is 1.54 bits per heavy atom. The molecule has 1 aromatic heterocycles. The van der Waals surface area contributed by atoms with Crippen molar-refractivity contribution in [2.45, 2.75) is 25.9 Å². The van der Waals surface area contributed by atoms with Crippen molar-refractivity contribution in [2.24, 2.45) is 5.92 Å². The lowest BCUT2D eigenvalue weighted by Crippen LogP contribution is -2.26. The van der Waals surface area contributed by atoms with Gasteiger partial charge in [-0.2, -0.15) is 5.10 Å². The third-order valence-corrected chi connectivity index (χ3v) is 2.76. The SMILES string of the molecule is O=C(C1CC1)N1Cc2cn[nH]c2C1. The number of hydrogen-bond donors (Lipinski definition) is 1. The first kappa shape index (κ1) is 7.12. The van der Waals surface area contributed by atoms with Gasteiger partial charge >= 0.3 is 0 Å². The Labute approximate surface area is 75.9 Å². The molecule has 68 valence electrons. The van der Waals surface area contributed by atoms with Crippen LogP contribution in [0.25, 0.3) is 0 Å². The number of aromatic amines is 1. The van der Waals surface area contributed by atoms with Crippen molar-refractivity contribution in [3.8, 4) is 0 Å². The average Bonchev–Trinajstić information content (AvgIpc) is 2.73. The molecule has 0 aromatic carbocycles. The van der Waals surface area contributed by atoms with Gasteiger partial charge in [-0.3, -0.25) is 9.89 Å². The van der Waals surface area contributed by atoms with Crippen molar-refractivity contribution >= 4 is 5.91 Å². The first-order valence-corrected chi connectivity index (χ1v) is 4.64. The van der Waals surface area contributed by atoms with Crippen LogP contribution in [0.4, 0.5) is 0 Å². The first-order valence-electron chi connectivity index (χ1n) is 4.64. The molecule has 1 amide bonds. The highest BCUT2D eigenvalue weighted by atomic mass is 16.2. The summed E-state index contributed by atoms with van der Waals surface area (Å²) in [4.78, 5) is 13.6. The molecule has 0 bridgehead atoms. The number of aromatic nitrogens is 2. The molecule has 2 aliphatic rings. The zero-order chi connectivity index (χ0) is 8.84. The van der Waals surface area contributed by atoms with Gasteiger partial charge in [-0.05, 0) is 12.8 Å². The van der Waals surface area contributed by atoms with Crippen LogP contribution in [-0.4, -0.2) is 21.0 Å². The van der Waals surface area contributed by atoms with Crippen LogP contribution < -0.4 is 0 Å². The molecule has 1 fully saturated rings. The second kappa shape index (κ2) is 2.34. The summed E-state index contributed by atoms with van der Waals surface area (Å²) in [5.74, 6) is 0.654. The maximum absolute atomic E-state index is 11.7. The molecule has 4 heteroatoms. The molecule has 0 atom stereocenters. The van der Waals surface area contributed by atoms with Gasteiger partial charge in [-0.15, -0.1) is 0 Å². The molecular formula is C9H11N3O. The predicted molar refractivity (Wildman–Crippen MR) is 45.6 cm³/mol. The van der Waals surface area contributed by atoms with E-state index in [-0.39, 0.29) is 0 Å². The van der Waals surface area contributed by atoms with E-state index in [2.05, 4.69) is 10.2 Å². The quantitative estimate of drug-likeness (QED) is 0.685. The van der Waals surface area contributed by atoms with E-state index in [0.29, 0.717) is 11.8 Å². The second-order valence-electron chi connectivity index (χ2n) is 3.84. The summed E-state index contributed by atoms with van der Waals surface area (Å²) in [6.07, 6.45) is 3.98. The Kier molecular flexibility index (Phi) is 1.28. The molecule has 0 spiro atoms. The van der Waals surface area contributed by atoms with Gasteiger partial charge in [-0.25, -0.2) is 0 Å². The van der Waals surface area contributed by atoms with E-state index in [1.165, 1.54) is 5.56 Å². The van der Waals surface area contributed by atoms with E-state index < -0.39 is 0 Å². The average molecular weight is 177 g/mol. The zero-order valence-electron chi connectivity index (χ0n) is 7.29. The second-order valence-corrected chi connectivity index (χ2v) is 3.84. The topological polar surface area (TPSA) is 49.0 Å². The molecule has 1 N–H and O–H groups in total. The smallest absolute Gasteiger partial charge is 0.226 e. The normalized spacial score (nSPS) is 20.5. The molecular weight excluding hydrogens is 166 g/mol. The lowest BCUT2D eigenvalue weighted by atomic mass is 10.3. The Balaban J connectivity index is 1.77. The predicted octanol–water partition coefficient (Wildman–Crippen LogP) is 0.662. The minimum absolute atomic E-state index is 0.324. The first-order chi connectivity index (χ1) is 6.34. The van der Waals surface area contributed by atoms with Crippen molar-refractivity contribution in [1.29, 1.82) is 0 Å². The number of nitrogens with zero attached hydrogens (tertiary/aromatic N) is 2. The number of nitrogens with one attached hydrogen (secondary N) is 1. The molecule has 1 saturated carbocycles. The molecule has 2 heterocycles.